The lowest BCUT2D eigenvalue weighted by Gasteiger charge is -2.31. The van der Waals surface area contributed by atoms with Gasteiger partial charge in [0.15, 0.2) is 0 Å². The van der Waals surface area contributed by atoms with E-state index in [1.54, 1.807) is 29.4 Å². The van der Waals surface area contributed by atoms with Gasteiger partial charge in [0.25, 0.3) is 0 Å². The van der Waals surface area contributed by atoms with Crippen molar-refractivity contribution in [1.82, 2.24) is 10.2 Å². The molecule has 2 aliphatic rings. The lowest BCUT2D eigenvalue weighted by Crippen LogP contribution is -2.48. The van der Waals surface area contributed by atoms with Crippen LogP contribution in [0.15, 0.2) is 47.1 Å². The summed E-state index contributed by atoms with van der Waals surface area (Å²) in [5.74, 6) is -0.408. The minimum Gasteiger partial charge on any atom is -0.467 e. The van der Waals surface area contributed by atoms with E-state index in [1.807, 2.05) is 18.2 Å². The van der Waals surface area contributed by atoms with Crippen molar-refractivity contribution in [2.45, 2.75) is 37.8 Å². The van der Waals surface area contributed by atoms with Gasteiger partial charge in [-0.3, -0.25) is 14.4 Å². The number of anilines is 1. The van der Waals surface area contributed by atoms with E-state index < -0.39 is 12.0 Å². The van der Waals surface area contributed by atoms with Crippen LogP contribution in [0.2, 0.25) is 0 Å². The van der Waals surface area contributed by atoms with Gasteiger partial charge in [0.1, 0.15) is 11.8 Å². The van der Waals surface area contributed by atoms with Crippen molar-refractivity contribution in [3.8, 4) is 0 Å². The molecule has 0 radical (unpaired) electrons. The van der Waals surface area contributed by atoms with Gasteiger partial charge in [-0.15, -0.1) is 0 Å². The van der Waals surface area contributed by atoms with E-state index in [9.17, 15) is 14.4 Å². The van der Waals surface area contributed by atoms with Crippen LogP contribution in [0, 0.1) is 0 Å². The highest BCUT2D eigenvalue weighted by atomic mass is 16.3. The second-order valence-electron chi connectivity index (χ2n) is 6.88. The predicted octanol–water partition coefficient (Wildman–Crippen LogP) is 2.01. The van der Waals surface area contributed by atoms with E-state index in [-0.39, 0.29) is 24.1 Å². The zero-order valence-electron chi connectivity index (χ0n) is 14.8. The number of carbonyl (C=O) groups is 3. The fraction of sp³-hybridized carbons (Fsp3) is 0.350. The van der Waals surface area contributed by atoms with Crippen molar-refractivity contribution in [2.24, 2.45) is 0 Å². The Morgan fingerprint density at radius 3 is 2.89 bits per heavy atom. The van der Waals surface area contributed by atoms with Crippen molar-refractivity contribution >= 4 is 23.4 Å². The van der Waals surface area contributed by atoms with Crippen molar-refractivity contribution in [2.75, 3.05) is 11.9 Å². The number of benzene rings is 1. The predicted molar refractivity (Wildman–Crippen MR) is 97.7 cm³/mol. The highest BCUT2D eigenvalue weighted by Crippen LogP contribution is 2.35. The third kappa shape index (κ3) is 3.45. The monoisotopic (exact) mass is 367 g/mol. The number of nitrogens with zero attached hydrogens (tertiary/aromatic N) is 1. The highest BCUT2D eigenvalue weighted by molar-refractivity contribution is 6.02. The van der Waals surface area contributed by atoms with Crippen LogP contribution in [0.5, 0.6) is 0 Å². The van der Waals surface area contributed by atoms with Crippen LogP contribution < -0.4 is 10.6 Å². The molecule has 2 atom stereocenters. The standard InChI is InChI=1S/C20H21N3O4/c24-18-11-15(14-6-1-2-7-16(14)22-18)20(26)23-9-3-8-17(23)19(25)21-12-13-5-4-10-27-13/h1-2,4-7,10,15,17H,3,8-9,11-12H2,(H,21,25)(H,22,24)/t15-,17-/m1/s1. The Balaban J connectivity index is 1.49. The second kappa shape index (κ2) is 7.26. The number of fused-ring (bicyclic) bond motifs is 1. The number of furan rings is 1. The Bertz CT molecular complexity index is 862. The first-order valence-electron chi connectivity index (χ1n) is 9.13. The van der Waals surface area contributed by atoms with Crippen LogP contribution in [0.3, 0.4) is 0 Å². The molecule has 1 fully saturated rings. The highest BCUT2D eigenvalue weighted by Gasteiger charge is 2.40. The van der Waals surface area contributed by atoms with E-state index in [0.29, 0.717) is 31.0 Å². The second-order valence-corrected chi connectivity index (χ2v) is 6.88. The van der Waals surface area contributed by atoms with E-state index in [0.717, 1.165) is 12.0 Å². The Hall–Kier alpha value is -3.09. The van der Waals surface area contributed by atoms with Gasteiger partial charge >= 0.3 is 0 Å². The van der Waals surface area contributed by atoms with Crippen LogP contribution in [0.25, 0.3) is 0 Å². The molecule has 2 aliphatic heterocycles. The van der Waals surface area contributed by atoms with Gasteiger partial charge in [-0.05, 0) is 36.6 Å². The van der Waals surface area contributed by atoms with Crippen LogP contribution in [0.4, 0.5) is 5.69 Å². The van der Waals surface area contributed by atoms with Gasteiger partial charge in [-0.1, -0.05) is 18.2 Å². The fourth-order valence-corrected chi connectivity index (χ4v) is 3.84. The third-order valence-electron chi connectivity index (χ3n) is 5.15. The minimum atomic E-state index is -0.548. The molecule has 7 heteroatoms. The van der Waals surface area contributed by atoms with E-state index >= 15 is 0 Å². The maximum absolute atomic E-state index is 13.2. The molecule has 27 heavy (non-hydrogen) atoms. The number of hydrogen-bond donors (Lipinski definition) is 2. The Labute approximate surface area is 156 Å². The van der Waals surface area contributed by atoms with Gasteiger partial charge < -0.3 is 20.0 Å². The summed E-state index contributed by atoms with van der Waals surface area (Å²) in [7, 11) is 0. The summed E-state index contributed by atoms with van der Waals surface area (Å²) in [5, 5.41) is 5.64. The summed E-state index contributed by atoms with van der Waals surface area (Å²) >= 11 is 0. The zero-order chi connectivity index (χ0) is 18.8. The Morgan fingerprint density at radius 1 is 1.22 bits per heavy atom. The smallest absolute Gasteiger partial charge is 0.243 e. The average Bonchev–Trinajstić information content (AvgIpc) is 3.36. The van der Waals surface area contributed by atoms with Crippen molar-refractivity contribution in [3.63, 3.8) is 0 Å². The lowest BCUT2D eigenvalue weighted by atomic mass is 9.89. The molecule has 3 amide bonds. The number of carbonyl (C=O) groups excluding carboxylic acids is 3. The van der Waals surface area contributed by atoms with Gasteiger partial charge in [0.05, 0.1) is 18.7 Å². The number of nitrogens with one attached hydrogen (secondary N) is 2. The number of rotatable bonds is 4. The van der Waals surface area contributed by atoms with E-state index in [1.165, 1.54) is 0 Å². The van der Waals surface area contributed by atoms with Crippen molar-refractivity contribution in [3.05, 3.63) is 54.0 Å². The van der Waals surface area contributed by atoms with E-state index in [2.05, 4.69) is 10.6 Å². The fourth-order valence-electron chi connectivity index (χ4n) is 3.84. The average molecular weight is 367 g/mol. The third-order valence-corrected chi connectivity index (χ3v) is 5.15. The number of para-hydroxylation sites is 1. The molecule has 0 bridgehead atoms. The first kappa shape index (κ1) is 17.3. The molecule has 1 aromatic carbocycles. The maximum Gasteiger partial charge on any atom is 0.243 e. The van der Waals surface area contributed by atoms with Crippen LogP contribution in [-0.4, -0.2) is 35.2 Å². The largest absolute Gasteiger partial charge is 0.467 e. The van der Waals surface area contributed by atoms with E-state index in [4.69, 9.17) is 4.42 Å². The van der Waals surface area contributed by atoms with Gasteiger partial charge in [0, 0.05) is 18.7 Å². The van der Waals surface area contributed by atoms with Gasteiger partial charge in [-0.25, -0.2) is 0 Å². The minimum absolute atomic E-state index is 0.104. The summed E-state index contributed by atoms with van der Waals surface area (Å²) in [6.07, 6.45) is 3.05. The summed E-state index contributed by atoms with van der Waals surface area (Å²) in [6.45, 7) is 0.816. The Kier molecular flexibility index (Phi) is 4.66. The van der Waals surface area contributed by atoms with Gasteiger partial charge in [-0.2, -0.15) is 0 Å². The molecule has 0 unspecified atom stereocenters. The molecule has 0 spiro atoms. The first-order chi connectivity index (χ1) is 13.1. The Morgan fingerprint density at radius 2 is 2.07 bits per heavy atom. The molecule has 0 aliphatic carbocycles. The summed E-state index contributed by atoms with van der Waals surface area (Å²) in [4.78, 5) is 39.5. The molecule has 2 aromatic rings. The topological polar surface area (TPSA) is 91.7 Å². The number of amides is 3. The zero-order valence-corrected chi connectivity index (χ0v) is 14.8. The maximum atomic E-state index is 13.2. The molecule has 2 N–H and O–H groups in total. The van der Waals surface area contributed by atoms with Crippen molar-refractivity contribution in [1.29, 1.82) is 0 Å². The molecule has 0 saturated carbocycles. The molecule has 1 saturated heterocycles. The number of hydrogen-bond acceptors (Lipinski definition) is 4. The van der Waals surface area contributed by atoms with Crippen LogP contribution in [-0.2, 0) is 20.9 Å². The first-order valence-corrected chi connectivity index (χ1v) is 9.13. The molecule has 7 nitrogen and oxygen atoms in total. The molecular formula is C20H21N3O4. The SMILES string of the molecule is O=C1C[C@@H](C(=O)N2CCC[C@@H]2C(=O)NCc2ccco2)c2ccccc2N1. The molecule has 4 rings (SSSR count). The molecular weight excluding hydrogens is 346 g/mol. The normalized spacial score (nSPS) is 21.5. The van der Waals surface area contributed by atoms with Crippen LogP contribution in [0.1, 0.15) is 36.5 Å². The summed E-state index contributed by atoms with van der Waals surface area (Å²) in [5.41, 5.74) is 1.48. The summed E-state index contributed by atoms with van der Waals surface area (Å²) in [6, 6.07) is 10.4. The molecule has 140 valence electrons. The van der Waals surface area contributed by atoms with Gasteiger partial charge in [0.2, 0.25) is 17.7 Å². The van der Waals surface area contributed by atoms with Crippen LogP contribution >= 0.6 is 0 Å². The number of likely N-dealkylation sites (tertiary alicyclic amines) is 1. The summed E-state index contributed by atoms with van der Waals surface area (Å²) < 4.78 is 5.23. The molecule has 3 heterocycles. The quantitative estimate of drug-likeness (QED) is 0.865. The lowest BCUT2D eigenvalue weighted by molar-refractivity contribution is -0.140. The molecule has 1 aromatic heterocycles. The van der Waals surface area contributed by atoms with Crippen molar-refractivity contribution < 1.29 is 18.8 Å².